The van der Waals surface area contributed by atoms with Crippen molar-refractivity contribution in [1.29, 1.82) is 0 Å². The van der Waals surface area contributed by atoms with Gasteiger partial charge in [0.05, 0.1) is 11.1 Å². The van der Waals surface area contributed by atoms with E-state index >= 15 is 0 Å². The van der Waals surface area contributed by atoms with Crippen molar-refractivity contribution < 1.29 is 4.74 Å². The van der Waals surface area contributed by atoms with Crippen LogP contribution in [0.1, 0.15) is 46.5 Å². The van der Waals surface area contributed by atoms with E-state index in [-0.39, 0.29) is 29.4 Å². The molecule has 2 fully saturated rings. The molecule has 0 spiro atoms. The molecule has 0 radical (unpaired) electrons. The number of nitrogens with one attached hydrogen (secondary N) is 2. The van der Waals surface area contributed by atoms with Gasteiger partial charge in [-0.2, -0.15) is 0 Å². The predicted molar refractivity (Wildman–Crippen MR) is 131 cm³/mol. The molecule has 5 nitrogen and oxygen atoms in total. The second-order valence-electron chi connectivity index (χ2n) is 8.87. The predicted octanol–water partition coefficient (Wildman–Crippen LogP) is 4.34. The lowest BCUT2D eigenvalue weighted by atomic mass is 9.78. The molecule has 1 aromatic rings. The fraction of sp³-hybridized carbons (Fsp3) is 0.762. The molecule has 7 heteroatoms. The van der Waals surface area contributed by atoms with Crippen molar-refractivity contribution in [1.82, 2.24) is 10.6 Å². The van der Waals surface area contributed by atoms with E-state index in [1.807, 2.05) is 18.4 Å². The van der Waals surface area contributed by atoms with Crippen molar-refractivity contribution in [2.75, 3.05) is 38.2 Å². The monoisotopic (exact) mass is 520 g/mol. The van der Waals surface area contributed by atoms with E-state index in [9.17, 15) is 0 Å². The number of thiophene rings is 1. The van der Waals surface area contributed by atoms with E-state index in [0.717, 1.165) is 51.5 Å². The zero-order valence-electron chi connectivity index (χ0n) is 17.7. The number of hydrogen-bond acceptors (Lipinski definition) is 4. The fourth-order valence-electron chi connectivity index (χ4n) is 4.32. The van der Waals surface area contributed by atoms with E-state index in [2.05, 4.69) is 58.8 Å². The van der Waals surface area contributed by atoms with Crippen LogP contribution in [0.4, 0.5) is 5.00 Å². The lowest BCUT2D eigenvalue weighted by Crippen LogP contribution is -2.51. The molecule has 0 amide bonds. The zero-order valence-corrected chi connectivity index (χ0v) is 20.9. The molecule has 0 aliphatic carbocycles. The fourth-order valence-corrected chi connectivity index (χ4v) is 5.10. The van der Waals surface area contributed by atoms with E-state index in [1.165, 1.54) is 11.4 Å². The number of ether oxygens (including phenoxy) is 1. The van der Waals surface area contributed by atoms with Gasteiger partial charge in [-0.05, 0) is 48.6 Å². The Bertz CT molecular complexity index is 594. The summed E-state index contributed by atoms with van der Waals surface area (Å²) in [5.41, 5.74) is 0.179. The summed E-state index contributed by atoms with van der Waals surface area (Å²) in [7, 11) is 1.87. The SMILES string of the molecule is CN=C(NCC1CCCOC1C(C)(C)C)NC1CCN(c2cccs2)CC1.I. The second-order valence-corrected chi connectivity index (χ2v) is 9.80. The average molecular weight is 521 g/mol. The van der Waals surface area contributed by atoms with Gasteiger partial charge >= 0.3 is 0 Å². The normalized spacial score (nSPS) is 24.6. The Kier molecular flexibility index (Phi) is 9.34. The zero-order chi connectivity index (χ0) is 19.3. The Morgan fingerprint density at radius 1 is 1.29 bits per heavy atom. The summed E-state index contributed by atoms with van der Waals surface area (Å²) in [5, 5.41) is 10.8. The molecule has 2 N–H and O–H groups in total. The quantitative estimate of drug-likeness (QED) is 0.353. The molecule has 2 atom stereocenters. The molecule has 0 saturated carbocycles. The number of anilines is 1. The standard InChI is InChI=1S/C21H36N4OS.HI/c1-21(2,3)19-16(7-5-13-26-19)15-23-20(22-4)24-17-9-11-25(12-10-17)18-8-6-14-27-18;/h6,8,14,16-17,19H,5,7,9-13,15H2,1-4H3,(H2,22,23,24);1H. The van der Waals surface area contributed by atoms with Gasteiger partial charge in [0.1, 0.15) is 0 Å². The highest BCUT2D eigenvalue weighted by molar-refractivity contribution is 14.0. The van der Waals surface area contributed by atoms with Gasteiger partial charge in [0, 0.05) is 45.2 Å². The number of guanidine groups is 1. The minimum Gasteiger partial charge on any atom is -0.377 e. The molecule has 28 heavy (non-hydrogen) atoms. The van der Waals surface area contributed by atoms with E-state index in [4.69, 9.17) is 4.74 Å². The molecule has 0 bridgehead atoms. The van der Waals surface area contributed by atoms with Crippen molar-refractivity contribution >= 4 is 46.3 Å². The van der Waals surface area contributed by atoms with Crippen molar-refractivity contribution in [2.45, 2.75) is 58.6 Å². The Labute approximate surface area is 191 Å². The smallest absolute Gasteiger partial charge is 0.191 e. The lowest BCUT2D eigenvalue weighted by molar-refractivity contribution is -0.0835. The highest BCUT2D eigenvalue weighted by atomic mass is 127. The third-order valence-electron chi connectivity index (χ3n) is 5.71. The molecule has 0 aromatic carbocycles. The lowest BCUT2D eigenvalue weighted by Gasteiger charge is -2.40. The van der Waals surface area contributed by atoms with Crippen molar-refractivity contribution in [3.8, 4) is 0 Å². The molecule has 2 aliphatic rings. The van der Waals surface area contributed by atoms with Gasteiger partial charge in [-0.3, -0.25) is 4.99 Å². The molecule has 160 valence electrons. The number of hydrogen-bond donors (Lipinski definition) is 2. The summed E-state index contributed by atoms with van der Waals surface area (Å²) < 4.78 is 6.11. The summed E-state index contributed by atoms with van der Waals surface area (Å²) in [6.07, 6.45) is 4.99. The van der Waals surface area contributed by atoms with Crippen LogP contribution in [0.25, 0.3) is 0 Å². The van der Waals surface area contributed by atoms with Crippen LogP contribution in [0.15, 0.2) is 22.5 Å². The van der Waals surface area contributed by atoms with Crippen molar-refractivity contribution in [3.63, 3.8) is 0 Å². The Morgan fingerprint density at radius 2 is 2.04 bits per heavy atom. The van der Waals surface area contributed by atoms with Crippen molar-refractivity contribution in [3.05, 3.63) is 17.5 Å². The summed E-state index contributed by atoms with van der Waals surface area (Å²) in [6, 6.07) is 4.85. The molecule has 2 unspecified atom stereocenters. The van der Waals surface area contributed by atoms with Gasteiger partial charge < -0.3 is 20.3 Å². The second kappa shape index (κ2) is 11.0. The maximum Gasteiger partial charge on any atom is 0.191 e. The van der Waals surface area contributed by atoms with Gasteiger partial charge in [-0.15, -0.1) is 35.3 Å². The Balaban J connectivity index is 0.00000280. The number of rotatable bonds is 4. The van der Waals surface area contributed by atoms with Crippen LogP contribution in [0.5, 0.6) is 0 Å². The first kappa shape index (κ1) is 23.7. The molecule has 3 rings (SSSR count). The molecular formula is C21H37IN4OS. The minimum atomic E-state index is 0. The van der Waals surface area contributed by atoms with E-state index in [0.29, 0.717) is 18.1 Å². The third-order valence-corrected chi connectivity index (χ3v) is 6.64. The first-order valence-electron chi connectivity index (χ1n) is 10.3. The maximum absolute atomic E-state index is 6.11. The van der Waals surface area contributed by atoms with Crippen LogP contribution in [0.2, 0.25) is 0 Å². The Morgan fingerprint density at radius 3 is 2.64 bits per heavy atom. The summed E-state index contributed by atoms with van der Waals surface area (Å²) in [5.74, 6) is 1.47. The van der Waals surface area contributed by atoms with Crippen LogP contribution in [-0.4, -0.2) is 51.4 Å². The molecule has 2 aliphatic heterocycles. The van der Waals surface area contributed by atoms with Crippen LogP contribution < -0.4 is 15.5 Å². The van der Waals surface area contributed by atoms with Crippen LogP contribution in [0, 0.1) is 11.3 Å². The number of piperidine rings is 1. The topological polar surface area (TPSA) is 48.9 Å². The van der Waals surface area contributed by atoms with Crippen LogP contribution >= 0.6 is 35.3 Å². The number of halogens is 1. The maximum atomic E-state index is 6.11. The largest absolute Gasteiger partial charge is 0.377 e. The summed E-state index contributed by atoms with van der Waals surface area (Å²) >= 11 is 1.83. The van der Waals surface area contributed by atoms with Gasteiger partial charge in [-0.25, -0.2) is 0 Å². The molecule has 1 aromatic heterocycles. The summed E-state index contributed by atoms with van der Waals surface area (Å²) in [4.78, 5) is 6.96. The highest BCUT2D eigenvalue weighted by Gasteiger charge is 2.35. The van der Waals surface area contributed by atoms with Crippen LogP contribution in [0.3, 0.4) is 0 Å². The van der Waals surface area contributed by atoms with Crippen molar-refractivity contribution in [2.24, 2.45) is 16.3 Å². The average Bonchev–Trinajstić information content (AvgIpc) is 3.20. The first-order valence-corrected chi connectivity index (χ1v) is 11.2. The van der Waals surface area contributed by atoms with Crippen LogP contribution in [-0.2, 0) is 4.74 Å². The van der Waals surface area contributed by atoms with Gasteiger partial charge in [0.2, 0.25) is 0 Å². The number of aliphatic imine (C=N–C) groups is 1. The first-order chi connectivity index (χ1) is 13.0. The highest BCUT2D eigenvalue weighted by Crippen LogP contribution is 2.33. The molecule has 3 heterocycles. The van der Waals surface area contributed by atoms with Gasteiger partial charge in [0.25, 0.3) is 0 Å². The van der Waals surface area contributed by atoms with Gasteiger partial charge in [0.15, 0.2) is 5.96 Å². The summed E-state index contributed by atoms with van der Waals surface area (Å²) in [6.45, 7) is 10.9. The van der Waals surface area contributed by atoms with E-state index < -0.39 is 0 Å². The third kappa shape index (κ3) is 6.49. The van der Waals surface area contributed by atoms with E-state index in [1.54, 1.807) is 0 Å². The molecular weight excluding hydrogens is 483 g/mol. The Hall–Kier alpha value is -0.540. The minimum absolute atomic E-state index is 0. The van der Waals surface area contributed by atoms with Gasteiger partial charge in [-0.1, -0.05) is 20.8 Å². The number of nitrogens with zero attached hydrogens (tertiary/aromatic N) is 2. The molecule has 2 saturated heterocycles.